The van der Waals surface area contributed by atoms with Crippen molar-refractivity contribution in [3.63, 3.8) is 0 Å². The molecule has 0 unspecified atom stereocenters. The summed E-state index contributed by atoms with van der Waals surface area (Å²) in [5, 5.41) is 3.10. The van der Waals surface area contributed by atoms with Crippen LogP contribution in [0.2, 0.25) is 0 Å². The van der Waals surface area contributed by atoms with Crippen LogP contribution in [0.1, 0.15) is 17.5 Å². The van der Waals surface area contributed by atoms with Gasteiger partial charge in [0.15, 0.2) is 0 Å². The van der Waals surface area contributed by atoms with Crippen LogP contribution in [0, 0.1) is 0 Å². The minimum atomic E-state index is 0.616. The zero-order valence-corrected chi connectivity index (χ0v) is 9.36. The monoisotopic (exact) mass is 206 g/mol. The Morgan fingerprint density at radius 3 is 3.07 bits per heavy atom. The Kier molecular flexibility index (Phi) is 5.66. The zero-order chi connectivity index (χ0) is 10.9. The summed E-state index contributed by atoms with van der Waals surface area (Å²) in [4.78, 5) is 4.16. The molecule has 1 aromatic rings. The summed E-state index contributed by atoms with van der Waals surface area (Å²) >= 11 is 0. The molecule has 15 heavy (non-hydrogen) atoms. The maximum absolute atomic E-state index is 5.05. The maximum atomic E-state index is 5.05. The van der Waals surface area contributed by atoms with Crippen LogP contribution in [-0.2, 0) is 11.3 Å². The van der Waals surface area contributed by atoms with Gasteiger partial charge in [-0.3, -0.25) is 4.98 Å². The van der Waals surface area contributed by atoms with Gasteiger partial charge in [0.1, 0.15) is 0 Å². The van der Waals surface area contributed by atoms with Gasteiger partial charge < -0.3 is 10.1 Å². The van der Waals surface area contributed by atoms with Gasteiger partial charge in [-0.25, -0.2) is 0 Å². The summed E-state index contributed by atoms with van der Waals surface area (Å²) in [7, 11) is 3.64. The van der Waals surface area contributed by atoms with Crippen molar-refractivity contribution in [2.45, 2.75) is 13.0 Å². The highest BCUT2D eigenvalue weighted by Crippen LogP contribution is 2.06. The molecule has 0 radical (unpaired) electrons. The molecule has 0 saturated carbocycles. The molecule has 0 amide bonds. The number of pyridine rings is 1. The third kappa shape index (κ3) is 4.72. The fourth-order valence-electron chi connectivity index (χ4n) is 1.29. The summed E-state index contributed by atoms with van der Waals surface area (Å²) in [6.45, 7) is 1.62. The van der Waals surface area contributed by atoms with Crippen LogP contribution in [0.3, 0.4) is 0 Å². The molecule has 0 aliphatic carbocycles. The van der Waals surface area contributed by atoms with E-state index in [9.17, 15) is 0 Å². The third-order valence-electron chi connectivity index (χ3n) is 2.00. The Morgan fingerprint density at radius 1 is 1.47 bits per heavy atom. The van der Waals surface area contributed by atoms with Gasteiger partial charge in [-0.1, -0.05) is 12.2 Å². The topological polar surface area (TPSA) is 34.2 Å². The predicted octanol–water partition coefficient (Wildman–Crippen LogP) is 1.85. The van der Waals surface area contributed by atoms with Gasteiger partial charge in [-0.2, -0.15) is 0 Å². The Balaban J connectivity index is 2.53. The molecular formula is C12H18N2O. The Morgan fingerprint density at radius 2 is 2.33 bits per heavy atom. The van der Waals surface area contributed by atoms with Gasteiger partial charge in [-0.05, 0) is 37.2 Å². The third-order valence-corrected chi connectivity index (χ3v) is 2.00. The van der Waals surface area contributed by atoms with E-state index in [1.165, 1.54) is 0 Å². The first kappa shape index (κ1) is 11.9. The minimum Gasteiger partial charge on any atom is -0.380 e. The molecule has 0 aromatic carbocycles. The molecule has 0 bridgehead atoms. The van der Waals surface area contributed by atoms with E-state index in [0.717, 1.165) is 24.1 Å². The van der Waals surface area contributed by atoms with Crippen molar-refractivity contribution in [3.05, 3.63) is 35.7 Å². The van der Waals surface area contributed by atoms with Crippen LogP contribution in [0.4, 0.5) is 0 Å². The van der Waals surface area contributed by atoms with Crippen molar-refractivity contribution in [2.24, 2.45) is 0 Å². The maximum Gasteiger partial charge on any atom is 0.0728 e. The average molecular weight is 206 g/mol. The molecule has 0 atom stereocenters. The fraction of sp³-hybridized carbons (Fsp3) is 0.417. The summed E-state index contributed by atoms with van der Waals surface area (Å²) in [5.41, 5.74) is 2.23. The predicted molar refractivity (Wildman–Crippen MR) is 62.5 cm³/mol. The molecule has 3 heteroatoms. The molecule has 0 fully saturated rings. The second-order valence-corrected chi connectivity index (χ2v) is 3.35. The van der Waals surface area contributed by atoms with E-state index < -0.39 is 0 Å². The van der Waals surface area contributed by atoms with Crippen molar-refractivity contribution < 1.29 is 4.74 Å². The van der Waals surface area contributed by atoms with Gasteiger partial charge in [0, 0.05) is 19.5 Å². The number of methoxy groups -OCH3 is 1. The molecule has 1 heterocycles. The zero-order valence-electron chi connectivity index (χ0n) is 9.36. The van der Waals surface area contributed by atoms with E-state index in [-0.39, 0.29) is 0 Å². The highest BCUT2D eigenvalue weighted by Gasteiger charge is 1.93. The van der Waals surface area contributed by atoms with Gasteiger partial charge >= 0.3 is 0 Å². The number of hydrogen-bond acceptors (Lipinski definition) is 3. The van der Waals surface area contributed by atoms with Crippen molar-refractivity contribution in [1.29, 1.82) is 0 Å². The minimum absolute atomic E-state index is 0.616. The number of aromatic nitrogens is 1. The SMILES string of the molecule is CNCC/C=C/c1cncc(COC)c1. The summed E-state index contributed by atoms with van der Waals surface area (Å²) in [5.74, 6) is 0. The Labute approximate surface area is 91.2 Å². The standard InChI is InChI=1S/C12H18N2O/c1-13-6-4-3-5-11-7-12(10-15-2)9-14-8-11/h3,5,7-9,13H,4,6,10H2,1-2H3/b5-3+. The van der Waals surface area contributed by atoms with Crippen LogP contribution >= 0.6 is 0 Å². The largest absolute Gasteiger partial charge is 0.380 e. The number of nitrogens with zero attached hydrogens (tertiary/aromatic N) is 1. The number of ether oxygens (including phenoxy) is 1. The summed E-state index contributed by atoms with van der Waals surface area (Å²) in [6, 6.07) is 2.09. The van der Waals surface area contributed by atoms with E-state index >= 15 is 0 Å². The molecule has 0 spiro atoms. The van der Waals surface area contributed by atoms with Crippen LogP contribution in [-0.4, -0.2) is 25.7 Å². The molecule has 0 aliphatic rings. The van der Waals surface area contributed by atoms with Crippen molar-refractivity contribution >= 4 is 6.08 Å². The second-order valence-electron chi connectivity index (χ2n) is 3.35. The van der Waals surface area contributed by atoms with Crippen LogP contribution in [0.5, 0.6) is 0 Å². The molecule has 0 aliphatic heterocycles. The van der Waals surface area contributed by atoms with Gasteiger partial charge in [0.05, 0.1) is 6.61 Å². The molecule has 3 nitrogen and oxygen atoms in total. The van der Waals surface area contributed by atoms with E-state index in [0.29, 0.717) is 6.61 Å². The molecule has 1 N–H and O–H groups in total. The highest BCUT2D eigenvalue weighted by molar-refractivity contribution is 5.48. The van der Waals surface area contributed by atoms with Crippen LogP contribution in [0.15, 0.2) is 24.5 Å². The van der Waals surface area contributed by atoms with Crippen LogP contribution < -0.4 is 5.32 Å². The van der Waals surface area contributed by atoms with Gasteiger partial charge in [0.2, 0.25) is 0 Å². The molecular weight excluding hydrogens is 188 g/mol. The van der Waals surface area contributed by atoms with Crippen molar-refractivity contribution in [3.8, 4) is 0 Å². The van der Waals surface area contributed by atoms with Crippen LogP contribution in [0.25, 0.3) is 6.08 Å². The normalized spacial score (nSPS) is 11.1. The highest BCUT2D eigenvalue weighted by atomic mass is 16.5. The molecule has 0 saturated heterocycles. The quantitative estimate of drug-likeness (QED) is 0.721. The lowest BCUT2D eigenvalue weighted by atomic mass is 10.2. The molecule has 1 aromatic heterocycles. The first-order valence-electron chi connectivity index (χ1n) is 5.11. The summed E-state index contributed by atoms with van der Waals surface area (Å²) in [6.07, 6.45) is 8.95. The first-order chi connectivity index (χ1) is 7.36. The lowest BCUT2D eigenvalue weighted by Crippen LogP contribution is -2.05. The second kappa shape index (κ2) is 7.15. The van der Waals surface area contributed by atoms with E-state index in [4.69, 9.17) is 4.74 Å². The molecule has 82 valence electrons. The van der Waals surface area contributed by atoms with Gasteiger partial charge in [-0.15, -0.1) is 0 Å². The van der Waals surface area contributed by atoms with Crippen molar-refractivity contribution in [1.82, 2.24) is 10.3 Å². The fourth-order valence-corrected chi connectivity index (χ4v) is 1.29. The smallest absolute Gasteiger partial charge is 0.0728 e. The average Bonchev–Trinajstić information content (AvgIpc) is 2.26. The van der Waals surface area contributed by atoms with E-state index in [1.807, 2.05) is 19.4 Å². The number of rotatable bonds is 6. The number of nitrogens with one attached hydrogen (secondary N) is 1. The van der Waals surface area contributed by atoms with Crippen molar-refractivity contribution in [2.75, 3.05) is 20.7 Å². The molecule has 1 rings (SSSR count). The van der Waals surface area contributed by atoms with E-state index in [1.54, 1.807) is 7.11 Å². The lowest BCUT2D eigenvalue weighted by Gasteiger charge is -1.99. The first-order valence-corrected chi connectivity index (χ1v) is 5.11. The Bertz CT molecular complexity index is 310. The van der Waals surface area contributed by atoms with E-state index in [2.05, 4.69) is 28.5 Å². The summed E-state index contributed by atoms with van der Waals surface area (Å²) < 4.78 is 5.05. The van der Waals surface area contributed by atoms with Gasteiger partial charge in [0.25, 0.3) is 0 Å². The lowest BCUT2D eigenvalue weighted by molar-refractivity contribution is 0.184. The number of hydrogen-bond donors (Lipinski definition) is 1. The Hall–Kier alpha value is -1.19.